The van der Waals surface area contributed by atoms with E-state index < -0.39 is 0 Å². The number of thiocarbonyl (C=S) groups is 1. The summed E-state index contributed by atoms with van der Waals surface area (Å²) in [5, 5.41) is 8.66. The molecule has 0 amide bonds. The van der Waals surface area contributed by atoms with Crippen molar-refractivity contribution in [3.05, 3.63) is 41.2 Å². The Morgan fingerprint density at radius 1 is 1.22 bits per heavy atom. The van der Waals surface area contributed by atoms with Gasteiger partial charge in [0.25, 0.3) is 0 Å². The number of aryl methyl sites for hydroxylation is 3. The number of aromatic nitrogens is 2. The van der Waals surface area contributed by atoms with Crippen LogP contribution in [0.15, 0.2) is 24.4 Å². The molecule has 2 heterocycles. The van der Waals surface area contributed by atoms with Crippen LogP contribution in [0.4, 0.5) is 5.69 Å². The number of rotatable bonds is 5. The third-order valence-corrected chi connectivity index (χ3v) is 5.38. The lowest BCUT2D eigenvalue weighted by atomic mass is 10.2. The first kappa shape index (κ1) is 19.6. The molecule has 7 heteroatoms. The van der Waals surface area contributed by atoms with Crippen molar-refractivity contribution in [1.82, 2.24) is 19.6 Å². The highest BCUT2D eigenvalue weighted by Gasteiger charge is 2.20. The van der Waals surface area contributed by atoms with Gasteiger partial charge in [-0.05, 0) is 50.7 Å². The average molecular weight is 388 g/mol. The molecule has 1 N–H and O–H groups in total. The fraction of sp³-hybridized carbons (Fsp3) is 0.500. The first-order chi connectivity index (χ1) is 13.0. The molecule has 1 aromatic heterocycles. The minimum Gasteiger partial charge on any atom is -0.495 e. The van der Waals surface area contributed by atoms with E-state index in [9.17, 15) is 0 Å². The van der Waals surface area contributed by atoms with E-state index in [1.165, 1.54) is 11.1 Å². The third kappa shape index (κ3) is 4.78. The number of hydrogen-bond donors (Lipinski definition) is 1. The highest BCUT2D eigenvalue weighted by molar-refractivity contribution is 7.80. The van der Waals surface area contributed by atoms with Gasteiger partial charge in [-0.2, -0.15) is 5.10 Å². The molecule has 1 aliphatic rings. The van der Waals surface area contributed by atoms with E-state index in [-0.39, 0.29) is 0 Å². The summed E-state index contributed by atoms with van der Waals surface area (Å²) in [6.07, 6.45) is 2.16. The number of piperazine rings is 1. The maximum atomic E-state index is 5.64. The van der Waals surface area contributed by atoms with Gasteiger partial charge in [0.15, 0.2) is 5.11 Å². The summed E-state index contributed by atoms with van der Waals surface area (Å²) in [5.74, 6) is 0.810. The smallest absolute Gasteiger partial charge is 0.173 e. The minimum atomic E-state index is 0.758. The molecule has 0 radical (unpaired) electrons. The molecule has 27 heavy (non-hydrogen) atoms. The van der Waals surface area contributed by atoms with Crippen LogP contribution in [0.1, 0.15) is 23.7 Å². The van der Waals surface area contributed by atoms with E-state index in [0.717, 1.165) is 61.5 Å². The number of nitrogens with one attached hydrogen (secondary N) is 1. The zero-order valence-electron chi connectivity index (χ0n) is 16.7. The van der Waals surface area contributed by atoms with Gasteiger partial charge in [-0.3, -0.25) is 9.58 Å². The Kier molecular flexibility index (Phi) is 6.34. The van der Waals surface area contributed by atoms with E-state index >= 15 is 0 Å². The first-order valence-electron chi connectivity index (χ1n) is 9.46. The molecular weight excluding hydrogens is 358 g/mol. The molecule has 0 saturated carbocycles. The molecule has 2 aromatic rings. The molecule has 0 bridgehead atoms. The van der Waals surface area contributed by atoms with Gasteiger partial charge >= 0.3 is 0 Å². The lowest BCUT2D eigenvalue weighted by Gasteiger charge is -2.36. The van der Waals surface area contributed by atoms with E-state index in [1.54, 1.807) is 7.11 Å². The number of nitrogens with zero attached hydrogens (tertiary/aromatic N) is 4. The Hall–Kier alpha value is -2.12. The molecule has 146 valence electrons. The fourth-order valence-electron chi connectivity index (χ4n) is 3.34. The number of anilines is 1. The second-order valence-corrected chi connectivity index (χ2v) is 7.38. The van der Waals surface area contributed by atoms with Gasteiger partial charge in [-0.1, -0.05) is 6.07 Å². The number of methoxy groups -OCH3 is 1. The lowest BCUT2D eigenvalue weighted by molar-refractivity contribution is 0.176. The molecule has 1 fully saturated rings. The Labute approximate surface area is 167 Å². The summed E-state index contributed by atoms with van der Waals surface area (Å²) in [6, 6.07) is 6.07. The van der Waals surface area contributed by atoms with Crippen LogP contribution in [0.2, 0.25) is 0 Å². The molecular formula is C20H29N5OS. The number of ether oxygens (including phenoxy) is 1. The van der Waals surface area contributed by atoms with Crippen LogP contribution in [-0.2, 0) is 13.1 Å². The molecule has 6 nitrogen and oxygen atoms in total. The van der Waals surface area contributed by atoms with Gasteiger partial charge in [0.1, 0.15) is 5.75 Å². The van der Waals surface area contributed by atoms with Crippen molar-refractivity contribution in [3.63, 3.8) is 0 Å². The summed E-state index contributed by atoms with van der Waals surface area (Å²) in [6.45, 7) is 11.9. The largest absolute Gasteiger partial charge is 0.495 e. The predicted molar refractivity (Wildman–Crippen MR) is 113 cm³/mol. The standard InChI is InChI=1S/C20H29N5OS/c1-5-25-14-17(16(3)22-25)13-23-8-10-24(11-9-23)20(27)21-18-12-15(2)6-7-19(18)26-4/h6-7,12,14H,5,8-11,13H2,1-4H3,(H,21,27). The van der Waals surface area contributed by atoms with Crippen molar-refractivity contribution in [2.75, 3.05) is 38.6 Å². The van der Waals surface area contributed by atoms with Crippen molar-refractivity contribution in [3.8, 4) is 5.75 Å². The van der Waals surface area contributed by atoms with E-state index in [1.807, 2.05) is 16.8 Å². The second kappa shape index (κ2) is 8.71. The molecule has 1 aromatic carbocycles. The summed E-state index contributed by atoms with van der Waals surface area (Å²) < 4.78 is 7.45. The van der Waals surface area contributed by atoms with Crippen LogP contribution in [0.5, 0.6) is 5.75 Å². The highest BCUT2D eigenvalue weighted by atomic mass is 32.1. The molecule has 0 aliphatic carbocycles. The van der Waals surface area contributed by atoms with Crippen LogP contribution >= 0.6 is 12.2 Å². The maximum absolute atomic E-state index is 5.64. The quantitative estimate of drug-likeness (QED) is 0.796. The van der Waals surface area contributed by atoms with Crippen molar-refractivity contribution in [1.29, 1.82) is 0 Å². The zero-order chi connectivity index (χ0) is 19.4. The fourth-order valence-corrected chi connectivity index (χ4v) is 3.63. The van der Waals surface area contributed by atoms with Crippen molar-refractivity contribution < 1.29 is 4.74 Å². The SMILES string of the molecule is CCn1cc(CN2CCN(C(=S)Nc3cc(C)ccc3OC)CC2)c(C)n1. The van der Waals surface area contributed by atoms with Gasteiger partial charge in [0, 0.05) is 51.0 Å². The summed E-state index contributed by atoms with van der Waals surface area (Å²) in [4.78, 5) is 4.70. The maximum Gasteiger partial charge on any atom is 0.173 e. The second-order valence-electron chi connectivity index (χ2n) is 6.99. The van der Waals surface area contributed by atoms with E-state index in [2.05, 4.69) is 53.2 Å². The van der Waals surface area contributed by atoms with Gasteiger partial charge in [0.2, 0.25) is 0 Å². The highest BCUT2D eigenvalue weighted by Crippen LogP contribution is 2.25. The van der Waals surface area contributed by atoms with Gasteiger partial charge in [0.05, 0.1) is 18.5 Å². The first-order valence-corrected chi connectivity index (χ1v) is 9.86. The Morgan fingerprint density at radius 2 is 1.96 bits per heavy atom. The van der Waals surface area contributed by atoms with Crippen LogP contribution in [0.25, 0.3) is 0 Å². The molecule has 1 saturated heterocycles. The van der Waals surface area contributed by atoms with Crippen LogP contribution in [-0.4, -0.2) is 58.0 Å². The van der Waals surface area contributed by atoms with E-state index in [0.29, 0.717) is 0 Å². The van der Waals surface area contributed by atoms with Crippen molar-refractivity contribution in [2.45, 2.75) is 33.9 Å². The third-order valence-electron chi connectivity index (χ3n) is 5.02. The minimum absolute atomic E-state index is 0.758. The van der Waals surface area contributed by atoms with Crippen LogP contribution in [0.3, 0.4) is 0 Å². The molecule has 1 aliphatic heterocycles. The van der Waals surface area contributed by atoms with Gasteiger partial charge in [-0.25, -0.2) is 0 Å². The number of hydrogen-bond acceptors (Lipinski definition) is 4. The van der Waals surface area contributed by atoms with Crippen molar-refractivity contribution in [2.24, 2.45) is 0 Å². The Balaban J connectivity index is 1.55. The van der Waals surface area contributed by atoms with Crippen LogP contribution in [0, 0.1) is 13.8 Å². The lowest BCUT2D eigenvalue weighted by Crippen LogP contribution is -2.49. The summed E-state index contributed by atoms with van der Waals surface area (Å²) in [7, 11) is 1.68. The Morgan fingerprint density at radius 3 is 2.59 bits per heavy atom. The monoisotopic (exact) mass is 387 g/mol. The molecule has 3 rings (SSSR count). The normalized spacial score (nSPS) is 15.0. The molecule has 0 spiro atoms. The summed E-state index contributed by atoms with van der Waals surface area (Å²) >= 11 is 5.64. The van der Waals surface area contributed by atoms with Gasteiger partial charge in [-0.15, -0.1) is 0 Å². The number of benzene rings is 1. The average Bonchev–Trinajstić information content (AvgIpc) is 3.02. The van der Waals surface area contributed by atoms with Gasteiger partial charge < -0.3 is 15.0 Å². The zero-order valence-corrected chi connectivity index (χ0v) is 17.5. The topological polar surface area (TPSA) is 45.6 Å². The van der Waals surface area contributed by atoms with Crippen molar-refractivity contribution >= 4 is 23.0 Å². The predicted octanol–water partition coefficient (Wildman–Crippen LogP) is 3.04. The molecule has 0 atom stereocenters. The Bertz CT molecular complexity index is 796. The van der Waals surface area contributed by atoms with E-state index in [4.69, 9.17) is 17.0 Å². The molecule has 0 unspecified atom stereocenters. The van der Waals surface area contributed by atoms with Crippen LogP contribution < -0.4 is 10.1 Å². The summed E-state index contributed by atoms with van der Waals surface area (Å²) in [5.41, 5.74) is 4.54.